The van der Waals surface area contributed by atoms with E-state index in [1.54, 1.807) is 24.3 Å². The maximum atomic E-state index is 12.7. The van der Waals surface area contributed by atoms with Crippen molar-refractivity contribution in [3.8, 4) is 5.69 Å². The third kappa shape index (κ3) is 7.44. The number of amides is 1. The number of hydrogen-bond acceptors (Lipinski definition) is 6. The zero-order chi connectivity index (χ0) is 26.0. The molecule has 0 radical (unpaired) electrons. The molecule has 0 fully saturated rings. The van der Waals surface area contributed by atoms with Crippen LogP contribution in [0.3, 0.4) is 0 Å². The summed E-state index contributed by atoms with van der Waals surface area (Å²) in [6.45, 7) is 2.44. The number of anilines is 1. The second kappa shape index (κ2) is 13.1. The van der Waals surface area contributed by atoms with Gasteiger partial charge in [0.2, 0.25) is 5.91 Å². The van der Waals surface area contributed by atoms with Crippen LogP contribution in [0.15, 0.2) is 84.0 Å². The molecule has 1 amide bonds. The number of aromatic nitrogens is 3. The molecule has 4 aromatic rings. The van der Waals surface area contributed by atoms with E-state index in [2.05, 4.69) is 15.5 Å². The maximum absolute atomic E-state index is 12.7. The topological polar surface area (TPSA) is 86.1 Å². The molecule has 1 aromatic heterocycles. The van der Waals surface area contributed by atoms with E-state index in [9.17, 15) is 9.59 Å². The average molecular weight is 535 g/mol. The summed E-state index contributed by atoms with van der Waals surface area (Å²) in [7, 11) is 0. The molecule has 9 heteroatoms. The van der Waals surface area contributed by atoms with Crippen LogP contribution in [0.5, 0.6) is 0 Å². The lowest BCUT2D eigenvalue weighted by atomic mass is 10.1. The van der Waals surface area contributed by atoms with Crippen molar-refractivity contribution >= 4 is 40.9 Å². The fourth-order valence-electron chi connectivity index (χ4n) is 3.55. The predicted octanol–water partition coefficient (Wildman–Crippen LogP) is 6.20. The van der Waals surface area contributed by atoms with Crippen LogP contribution in [0, 0.1) is 0 Å². The number of benzene rings is 3. The highest BCUT2D eigenvalue weighted by molar-refractivity contribution is 7.99. The molecule has 0 aliphatic rings. The van der Waals surface area contributed by atoms with Crippen molar-refractivity contribution in [1.82, 2.24) is 14.8 Å². The van der Waals surface area contributed by atoms with Crippen molar-refractivity contribution in [2.45, 2.75) is 31.3 Å². The Labute approximate surface area is 225 Å². The number of halogens is 1. The van der Waals surface area contributed by atoms with E-state index in [4.69, 9.17) is 16.3 Å². The van der Waals surface area contributed by atoms with Crippen molar-refractivity contribution in [2.75, 3.05) is 17.7 Å². The van der Waals surface area contributed by atoms with Gasteiger partial charge in [0, 0.05) is 22.8 Å². The molecule has 0 aliphatic heterocycles. The molecule has 0 bridgehead atoms. The molecule has 3 aromatic carbocycles. The van der Waals surface area contributed by atoms with E-state index >= 15 is 0 Å². The first-order valence-corrected chi connectivity index (χ1v) is 13.3. The third-order valence-electron chi connectivity index (χ3n) is 5.46. The standard InChI is InChI=1S/C28H27ClN4O3S/c1-2-3-17-36-27(35)21-9-13-23(14-10-21)30-26(34)19-37-28-32-31-25(18-20-7-5-4-6-8-20)33(28)24-15-11-22(29)12-16-24/h4-16H,2-3,17-19H2,1H3,(H,30,34). The van der Waals surface area contributed by atoms with E-state index in [1.165, 1.54) is 11.8 Å². The van der Waals surface area contributed by atoms with E-state index in [0.717, 1.165) is 29.9 Å². The van der Waals surface area contributed by atoms with Gasteiger partial charge in [0.15, 0.2) is 5.16 Å². The van der Waals surface area contributed by atoms with Gasteiger partial charge in [-0.05, 0) is 60.5 Å². The summed E-state index contributed by atoms with van der Waals surface area (Å²) < 4.78 is 7.16. The van der Waals surface area contributed by atoms with Gasteiger partial charge in [0.25, 0.3) is 0 Å². The minimum absolute atomic E-state index is 0.137. The Hall–Kier alpha value is -3.62. The van der Waals surface area contributed by atoms with Crippen molar-refractivity contribution in [1.29, 1.82) is 0 Å². The van der Waals surface area contributed by atoms with E-state index in [0.29, 0.717) is 34.5 Å². The second-order valence-electron chi connectivity index (χ2n) is 8.28. The minimum atomic E-state index is -0.366. The van der Waals surface area contributed by atoms with Crippen LogP contribution in [-0.2, 0) is 16.0 Å². The summed E-state index contributed by atoms with van der Waals surface area (Å²) >= 11 is 7.39. The minimum Gasteiger partial charge on any atom is -0.462 e. The van der Waals surface area contributed by atoms with E-state index in [1.807, 2.05) is 66.1 Å². The number of carbonyl (C=O) groups is 2. The molecule has 0 saturated heterocycles. The van der Waals surface area contributed by atoms with Gasteiger partial charge in [0.1, 0.15) is 5.82 Å². The number of ether oxygens (including phenoxy) is 1. The Kier molecular flexibility index (Phi) is 9.35. The summed E-state index contributed by atoms with van der Waals surface area (Å²) in [5, 5.41) is 12.9. The first-order chi connectivity index (χ1) is 18.0. The van der Waals surface area contributed by atoms with E-state index in [-0.39, 0.29) is 17.6 Å². The lowest BCUT2D eigenvalue weighted by Gasteiger charge is -2.11. The first kappa shape index (κ1) is 26.4. The zero-order valence-electron chi connectivity index (χ0n) is 20.4. The molecule has 0 aliphatic carbocycles. The lowest BCUT2D eigenvalue weighted by molar-refractivity contribution is -0.113. The van der Waals surface area contributed by atoms with Crippen LogP contribution in [-0.4, -0.2) is 39.0 Å². The van der Waals surface area contributed by atoms with Gasteiger partial charge in [0.05, 0.1) is 17.9 Å². The number of nitrogens with zero attached hydrogens (tertiary/aromatic N) is 3. The Morgan fingerprint density at radius 2 is 1.70 bits per heavy atom. The second-order valence-corrected chi connectivity index (χ2v) is 9.66. The van der Waals surface area contributed by atoms with Crippen LogP contribution >= 0.6 is 23.4 Å². The fourth-order valence-corrected chi connectivity index (χ4v) is 4.44. The van der Waals surface area contributed by atoms with E-state index < -0.39 is 0 Å². The first-order valence-electron chi connectivity index (χ1n) is 12.0. The van der Waals surface area contributed by atoms with Crippen LogP contribution in [0.1, 0.15) is 41.5 Å². The molecule has 1 N–H and O–H groups in total. The molecular weight excluding hydrogens is 508 g/mol. The third-order valence-corrected chi connectivity index (χ3v) is 6.64. The van der Waals surface area contributed by atoms with Gasteiger partial charge in [-0.15, -0.1) is 10.2 Å². The van der Waals surface area contributed by atoms with Gasteiger partial charge >= 0.3 is 5.97 Å². The summed E-state index contributed by atoms with van der Waals surface area (Å²) in [6.07, 6.45) is 2.38. The summed E-state index contributed by atoms with van der Waals surface area (Å²) in [6, 6.07) is 24.1. The Morgan fingerprint density at radius 3 is 2.41 bits per heavy atom. The Morgan fingerprint density at radius 1 is 0.973 bits per heavy atom. The molecule has 0 spiro atoms. The van der Waals surface area contributed by atoms with Crippen LogP contribution in [0.25, 0.3) is 5.69 Å². The van der Waals surface area contributed by atoms with Crippen molar-refractivity contribution in [3.05, 3.63) is 101 Å². The molecule has 1 heterocycles. The molecule has 0 unspecified atom stereocenters. The van der Waals surface area contributed by atoms with Crippen molar-refractivity contribution in [2.24, 2.45) is 0 Å². The Balaban J connectivity index is 1.42. The highest BCUT2D eigenvalue weighted by Gasteiger charge is 2.17. The van der Waals surface area contributed by atoms with Crippen LogP contribution < -0.4 is 5.32 Å². The number of hydrogen-bond donors (Lipinski definition) is 1. The SMILES string of the molecule is CCCCOC(=O)c1ccc(NC(=O)CSc2nnc(Cc3ccccc3)n2-c2ccc(Cl)cc2)cc1. The average Bonchev–Trinajstić information content (AvgIpc) is 3.31. The monoisotopic (exact) mass is 534 g/mol. The van der Waals surface area contributed by atoms with Crippen molar-refractivity contribution < 1.29 is 14.3 Å². The number of thioether (sulfide) groups is 1. The highest BCUT2D eigenvalue weighted by atomic mass is 35.5. The molecule has 7 nitrogen and oxygen atoms in total. The molecule has 37 heavy (non-hydrogen) atoms. The zero-order valence-corrected chi connectivity index (χ0v) is 22.0. The summed E-state index contributed by atoms with van der Waals surface area (Å²) in [5.74, 6) is 0.337. The molecule has 190 valence electrons. The normalized spacial score (nSPS) is 10.8. The molecule has 0 atom stereocenters. The van der Waals surface area contributed by atoms with Gasteiger partial charge < -0.3 is 10.1 Å². The maximum Gasteiger partial charge on any atom is 0.338 e. The predicted molar refractivity (Wildman–Crippen MR) is 147 cm³/mol. The largest absolute Gasteiger partial charge is 0.462 e. The van der Waals surface area contributed by atoms with Gasteiger partial charge in [-0.3, -0.25) is 9.36 Å². The quantitative estimate of drug-likeness (QED) is 0.140. The van der Waals surface area contributed by atoms with Crippen LogP contribution in [0.2, 0.25) is 5.02 Å². The molecular formula is C28H27ClN4O3S. The van der Waals surface area contributed by atoms with Gasteiger partial charge in [-0.2, -0.15) is 0 Å². The Bertz CT molecular complexity index is 1330. The smallest absolute Gasteiger partial charge is 0.338 e. The molecule has 4 rings (SSSR count). The summed E-state index contributed by atoms with van der Waals surface area (Å²) in [5.41, 5.74) is 3.02. The number of carbonyl (C=O) groups excluding carboxylic acids is 2. The number of esters is 1. The molecule has 0 saturated carbocycles. The van der Waals surface area contributed by atoms with Crippen molar-refractivity contribution in [3.63, 3.8) is 0 Å². The fraction of sp³-hybridized carbons (Fsp3) is 0.214. The number of rotatable bonds is 11. The van der Waals surface area contributed by atoms with Gasteiger partial charge in [-0.25, -0.2) is 4.79 Å². The number of unbranched alkanes of at least 4 members (excludes halogenated alkanes) is 1. The number of nitrogens with one attached hydrogen (secondary N) is 1. The highest BCUT2D eigenvalue weighted by Crippen LogP contribution is 2.25. The lowest BCUT2D eigenvalue weighted by Crippen LogP contribution is -2.15. The van der Waals surface area contributed by atoms with Crippen LogP contribution in [0.4, 0.5) is 5.69 Å². The summed E-state index contributed by atoms with van der Waals surface area (Å²) in [4.78, 5) is 24.7. The van der Waals surface area contributed by atoms with Gasteiger partial charge in [-0.1, -0.05) is 67.0 Å².